The van der Waals surface area contributed by atoms with Crippen LogP contribution in [0.5, 0.6) is 5.75 Å². The van der Waals surface area contributed by atoms with Gasteiger partial charge in [0.15, 0.2) is 0 Å². The van der Waals surface area contributed by atoms with Crippen LogP contribution in [-0.2, 0) is 11.2 Å². The lowest BCUT2D eigenvalue weighted by molar-refractivity contribution is -0.118. The topological polar surface area (TPSA) is 95.0 Å². The molecule has 0 saturated heterocycles. The molecule has 0 aliphatic rings. The van der Waals surface area contributed by atoms with E-state index in [4.69, 9.17) is 4.74 Å². The summed E-state index contributed by atoms with van der Waals surface area (Å²) in [5, 5.41) is 13.0. The van der Waals surface area contributed by atoms with Gasteiger partial charge >= 0.3 is 0 Å². The van der Waals surface area contributed by atoms with Gasteiger partial charge in [0.2, 0.25) is 5.91 Å². The Balaban J connectivity index is 1.84. The normalized spacial score (nSPS) is 11.6. The van der Waals surface area contributed by atoms with Gasteiger partial charge in [-0.1, -0.05) is 24.3 Å². The van der Waals surface area contributed by atoms with Crippen molar-refractivity contribution in [1.29, 1.82) is 5.26 Å². The standard InChI is InChI=1S/C21H19N3O3/c1-13-7-8-14-10-15(20(25)24-18(14)9-13)11-16(12-22)21(26)23-17-5-3-4-6-19(17)27-2/h3-10,16H,11H2,1-2H3,(H,23,26)(H,24,25)/t16-/m1/s1. The molecule has 3 rings (SSSR count). The first-order valence-electron chi connectivity index (χ1n) is 8.48. The summed E-state index contributed by atoms with van der Waals surface area (Å²) in [7, 11) is 1.50. The van der Waals surface area contributed by atoms with Crippen LogP contribution in [0.15, 0.2) is 53.3 Å². The summed E-state index contributed by atoms with van der Waals surface area (Å²) >= 11 is 0. The number of hydrogen-bond acceptors (Lipinski definition) is 4. The average molecular weight is 361 g/mol. The zero-order chi connectivity index (χ0) is 19.4. The van der Waals surface area contributed by atoms with Crippen LogP contribution in [0.3, 0.4) is 0 Å². The van der Waals surface area contributed by atoms with Gasteiger partial charge in [-0.25, -0.2) is 0 Å². The Bertz CT molecular complexity index is 1100. The minimum Gasteiger partial charge on any atom is -0.495 e. The number of benzene rings is 2. The maximum atomic E-state index is 12.5. The number of nitrogens with one attached hydrogen (secondary N) is 2. The van der Waals surface area contributed by atoms with Crippen molar-refractivity contribution in [1.82, 2.24) is 4.98 Å². The predicted octanol–water partition coefficient (Wildman–Crippen LogP) is 3.17. The van der Waals surface area contributed by atoms with Gasteiger partial charge in [0.1, 0.15) is 11.7 Å². The van der Waals surface area contributed by atoms with Gasteiger partial charge < -0.3 is 15.0 Å². The predicted molar refractivity (Wildman–Crippen MR) is 104 cm³/mol. The molecular weight excluding hydrogens is 342 g/mol. The highest BCUT2D eigenvalue weighted by atomic mass is 16.5. The number of rotatable bonds is 5. The highest BCUT2D eigenvalue weighted by Gasteiger charge is 2.21. The van der Waals surface area contributed by atoms with Crippen LogP contribution in [0.25, 0.3) is 10.9 Å². The number of aryl methyl sites for hydroxylation is 1. The van der Waals surface area contributed by atoms with E-state index >= 15 is 0 Å². The third-order valence-corrected chi connectivity index (χ3v) is 4.34. The largest absolute Gasteiger partial charge is 0.495 e. The molecule has 1 aromatic heterocycles. The van der Waals surface area contributed by atoms with Crippen molar-refractivity contribution in [2.24, 2.45) is 5.92 Å². The first-order chi connectivity index (χ1) is 13.0. The molecule has 0 fully saturated rings. The lowest BCUT2D eigenvalue weighted by atomic mass is 9.99. The van der Waals surface area contributed by atoms with Crippen LogP contribution in [-0.4, -0.2) is 18.0 Å². The Morgan fingerprint density at radius 3 is 2.78 bits per heavy atom. The molecule has 0 aliphatic heterocycles. The second kappa shape index (κ2) is 7.75. The molecule has 27 heavy (non-hydrogen) atoms. The number of carbonyl (C=O) groups excluding carboxylic acids is 1. The zero-order valence-electron chi connectivity index (χ0n) is 15.1. The fourth-order valence-electron chi connectivity index (χ4n) is 2.90. The lowest BCUT2D eigenvalue weighted by Crippen LogP contribution is -2.26. The minimum absolute atomic E-state index is 0.0244. The molecule has 3 aromatic rings. The summed E-state index contributed by atoms with van der Waals surface area (Å²) in [6.07, 6.45) is 0.0244. The number of carbonyl (C=O) groups is 1. The van der Waals surface area contributed by atoms with Crippen LogP contribution >= 0.6 is 0 Å². The number of nitrogens with zero attached hydrogens (tertiary/aromatic N) is 1. The van der Waals surface area contributed by atoms with E-state index in [0.29, 0.717) is 17.0 Å². The molecule has 0 radical (unpaired) electrons. The second-order valence-corrected chi connectivity index (χ2v) is 6.29. The maximum absolute atomic E-state index is 12.5. The second-order valence-electron chi connectivity index (χ2n) is 6.29. The number of pyridine rings is 1. The molecule has 2 N–H and O–H groups in total. The number of hydrogen-bond donors (Lipinski definition) is 2. The van der Waals surface area contributed by atoms with Crippen molar-refractivity contribution in [2.75, 3.05) is 12.4 Å². The number of H-pyrrole nitrogens is 1. The SMILES string of the molecule is COc1ccccc1NC(=O)[C@@H](C#N)Cc1cc2ccc(C)cc2[nH]c1=O. The van der Waals surface area contributed by atoms with Crippen molar-refractivity contribution in [2.45, 2.75) is 13.3 Å². The van der Waals surface area contributed by atoms with Crippen molar-refractivity contribution in [3.8, 4) is 11.8 Å². The molecule has 6 heteroatoms. The van der Waals surface area contributed by atoms with Gasteiger partial charge in [0.05, 0.1) is 18.9 Å². The van der Waals surface area contributed by atoms with Gasteiger partial charge in [-0.05, 0) is 42.1 Å². The number of aromatic nitrogens is 1. The van der Waals surface area contributed by atoms with Crippen LogP contribution in [0.2, 0.25) is 0 Å². The van der Waals surface area contributed by atoms with Crippen LogP contribution in [0.4, 0.5) is 5.69 Å². The first-order valence-corrected chi connectivity index (χ1v) is 8.48. The Morgan fingerprint density at radius 1 is 1.26 bits per heavy atom. The van der Waals surface area contributed by atoms with Gasteiger partial charge in [-0.15, -0.1) is 0 Å². The van der Waals surface area contributed by atoms with E-state index in [1.165, 1.54) is 7.11 Å². The molecule has 0 saturated carbocycles. The molecule has 0 aliphatic carbocycles. The van der Waals surface area contributed by atoms with E-state index in [9.17, 15) is 14.9 Å². The van der Waals surface area contributed by atoms with Crippen LogP contribution in [0.1, 0.15) is 11.1 Å². The fourth-order valence-corrected chi connectivity index (χ4v) is 2.90. The van der Waals surface area contributed by atoms with Gasteiger partial charge in [-0.3, -0.25) is 9.59 Å². The molecule has 1 amide bonds. The Morgan fingerprint density at radius 2 is 2.04 bits per heavy atom. The molecule has 1 atom stereocenters. The van der Waals surface area contributed by atoms with E-state index in [2.05, 4.69) is 10.3 Å². The molecule has 0 spiro atoms. The van der Waals surface area contributed by atoms with Gasteiger partial charge in [-0.2, -0.15) is 5.26 Å². The molecule has 2 aromatic carbocycles. The molecular formula is C21H19N3O3. The smallest absolute Gasteiger partial charge is 0.251 e. The zero-order valence-corrected chi connectivity index (χ0v) is 15.1. The molecule has 0 unspecified atom stereocenters. The van der Waals surface area contributed by atoms with Gasteiger partial charge in [0, 0.05) is 17.5 Å². The first kappa shape index (κ1) is 18.2. The summed E-state index contributed by atoms with van der Waals surface area (Å²) in [5.41, 5.74) is 2.35. The highest BCUT2D eigenvalue weighted by molar-refractivity contribution is 5.95. The van der Waals surface area contributed by atoms with E-state index in [-0.39, 0.29) is 12.0 Å². The minimum atomic E-state index is -1.00. The molecule has 0 bridgehead atoms. The third kappa shape index (κ3) is 3.98. The van der Waals surface area contributed by atoms with Crippen molar-refractivity contribution >= 4 is 22.5 Å². The average Bonchev–Trinajstić information content (AvgIpc) is 2.66. The highest BCUT2D eigenvalue weighted by Crippen LogP contribution is 2.24. The van der Waals surface area contributed by atoms with E-state index in [1.54, 1.807) is 30.3 Å². The van der Waals surface area contributed by atoms with Crippen molar-refractivity contribution < 1.29 is 9.53 Å². The molecule has 136 valence electrons. The maximum Gasteiger partial charge on any atom is 0.251 e. The van der Waals surface area contributed by atoms with E-state index in [1.807, 2.05) is 31.2 Å². The molecule has 6 nitrogen and oxygen atoms in total. The lowest BCUT2D eigenvalue weighted by Gasteiger charge is -2.13. The number of anilines is 1. The summed E-state index contributed by atoms with van der Waals surface area (Å²) in [6.45, 7) is 1.94. The number of amides is 1. The Hall–Kier alpha value is -3.59. The van der Waals surface area contributed by atoms with Gasteiger partial charge in [0.25, 0.3) is 5.56 Å². The number of ether oxygens (including phenoxy) is 1. The Labute approximate surface area is 156 Å². The van der Waals surface area contributed by atoms with E-state index < -0.39 is 11.8 Å². The van der Waals surface area contributed by atoms with Crippen molar-refractivity contribution in [3.63, 3.8) is 0 Å². The summed E-state index contributed by atoms with van der Waals surface area (Å²) < 4.78 is 5.20. The van der Waals surface area contributed by atoms with Crippen LogP contribution in [0, 0.1) is 24.2 Å². The Kier molecular flexibility index (Phi) is 5.23. The van der Waals surface area contributed by atoms with E-state index in [0.717, 1.165) is 16.5 Å². The van der Waals surface area contributed by atoms with Crippen LogP contribution < -0.4 is 15.6 Å². The summed E-state index contributed by atoms with van der Waals surface area (Å²) in [5.74, 6) is -0.981. The number of aromatic amines is 1. The number of para-hydroxylation sites is 2. The number of nitriles is 1. The number of methoxy groups -OCH3 is 1. The fraction of sp³-hybridized carbons (Fsp3) is 0.190. The quantitative estimate of drug-likeness (QED) is 0.730. The monoisotopic (exact) mass is 361 g/mol. The molecule has 1 heterocycles. The summed E-state index contributed by atoms with van der Waals surface area (Å²) in [6, 6.07) is 16.4. The number of fused-ring (bicyclic) bond motifs is 1. The van der Waals surface area contributed by atoms with Crippen molar-refractivity contribution in [3.05, 3.63) is 70.0 Å². The summed E-state index contributed by atoms with van der Waals surface area (Å²) in [4.78, 5) is 27.7. The third-order valence-electron chi connectivity index (χ3n) is 4.34.